The summed E-state index contributed by atoms with van der Waals surface area (Å²) in [7, 11) is 0. The predicted molar refractivity (Wildman–Crippen MR) is 108 cm³/mol. The van der Waals surface area contributed by atoms with Gasteiger partial charge < -0.3 is 20.1 Å². The Labute approximate surface area is 177 Å². The minimum Gasteiger partial charge on any atom is -0.501 e. The van der Waals surface area contributed by atoms with Crippen LogP contribution in [0.2, 0.25) is 0 Å². The zero-order chi connectivity index (χ0) is 22.3. The average molecular weight is 430 g/mol. The number of fused-ring (bicyclic) bond motifs is 1. The molecule has 0 aliphatic carbocycles. The molecule has 1 aromatic carbocycles. The number of hydrogen-bond acceptors (Lipinski definition) is 6. The van der Waals surface area contributed by atoms with Crippen LogP contribution in [0.4, 0.5) is 10.1 Å². The Hall–Kier alpha value is -3.27. The number of rotatable bonds is 4. The van der Waals surface area contributed by atoms with Crippen molar-refractivity contribution >= 4 is 17.5 Å². The van der Waals surface area contributed by atoms with Gasteiger partial charge in [0.2, 0.25) is 11.7 Å². The molecule has 9 nitrogen and oxygen atoms in total. The Balaban J connectivity index is 1.62. The third-order valence-electron chi connectivity index (χ3n) is 5.53. The molecule has 0 radical (unpaired) electrons. The first-order valence-corrected chi connectivity index (χ1v) is 10.0. The van der Waals surface area contributed by atoms with Crippen LogP contribution in [-0.2, 0) is 28.2 Å². The molecule has 1 fully saturated rings. The number of amides is 2. The normalized spacial score (nSPS) is 17.5. The number of anilines is 1. The van der Waals surface area contributed by atoms with Gasteiger partial charge in [-0.05, 0) is 38.0 Å². The van der Waals surface area contributed by atoms with Crippen molar-refractivity contribution in [3.05, 3.63) is 51.5 Å². The maximum atomic E-state index is 13.8. The highest BCUT2D eigenvalue weighted by Crippen LogP contribution is 2.28. The van der Waals surface area contributed by atoms with E-state index in [1.165, 1.54) is 27.7 Å². The summed E-state index contributed by atoms with van der Waals surface area (Å²) in [5.41, 5.74) is -1.10. The second-order valence-electron chi connectivity index (χ2n) is 8.05. The summed E-state index contributed by atoms with van der Waals surface area (Å²) in [5.74, 6) is -1.86. The van der Waals surface area contributed by atoms with Gasteiger partial charge in [-0.15, -0.1) is 0 Å². The van der Waals surface area contributed by atoms with E-state index >= 15 is 0 Å². The number of hydrogen-bond donors (Lipinski definition) is 2. The molecule has 31 heavy (non-hydrogen) atoms. The van der Waals surface area contributed by atoms with Gasteiger partial charge in [0.25, 0.3) is 11.5 Å². The number of carbonyl (C=O) groups excluding carboxylic acids is 2. The van der Waals surface area contributed by atoms with E-state index in [-0.39, 0.29) is 31.4 Å². The summed E-state index contributed by atoms with van der Waals surface area (Å²) in [6.45, 7) is 4.39. The van der Waals surface area contributed by atoms with Gasteiger partial charge in [-0.1, -0.05) is 6.07 Å². The summed E-state index contributed by atoms with van der Waals surface area (Å²) >= 11 is 0. The largest absolute Gasteiger partial charge is 0.501 e. The van der Waals surface area contributed by atoms with Crippen LogP contribution in [0.3, 0.4) is 0 Å². The van der Waals surface area contributed by atoms with Crippen molar-refractivity contribution in [2.45, 2.75) is 45.4 Å². The van der Waals surface area contributed by atoms with E-state index in [2.05, 4.69) is 10.3 Å². The maximum Gasteiger partial charge on any atom is 0.296 e. The number of aromatic hydroxyl groups is 1. The van der Waals surface area contributed by atoms with Crippen molar-refractivity contribution in [2.24, 2.45) is 0 Å². The monoisotopic (exact) mass is 430 g/mol. The van der Waals surface area contributed by atoms with Gasteiger partial charge in [-0.2, -0.15) is 0 Å². The molecule has 2 aliphatic heterocycles. The number of carbonyl (C=O) groups is 2. The molecule has 2 aromatic rings. The van der Waals surface area contributed by atoms with Gasteiger partial charge in [0.1, 0.15) is 17.2 Å². The molecular formula is C21H23FN4O5. The highest BCUT2D eigenvalue weighted by Gasteiger charge is 2.34. The molecule has 2 aliphatic rings. The van der Waals surface area contributed by atoms with E-state index in [0.29, 0.717) is 30.6 Å². The van der Waals surface area contributed by atoms with Crippen molar-refractivity contribution < 1.29 is 23.8 Å². The van der Waals surface area contributed by atoms with Gasteiger partial charge in [0.05, 0.1) is 18.8 Å². The van der Waals surface area contributed by atoms with E-state index < -0.39 is 34.3 Å². The predicted octanol–water partition coefficient (Wildman–Crippen LogP) is 1.41. The van der Waals surface area contributed by atoms with Crippen LogP contribution < -0.4 is 15.8 Å². The van der Waals surface area contributed by atoms with Gasteiger partial charge in [0.15, 0.2) is 5.69 Å². The molecule has 0 unspecified atom stereocenters. The molecule has 2 amide bonds. The van der Waals surface area contributed by atoms with Gasteiger partial charge >= 0.3 is 0 Å². The number of halogens is 1. The Morgan fingerprint density at radius 2 is 2.10 bits per heavy atom. The minimum absolute atomic E-state index is 0.0440. The SMILES string of the molecule is CC1(C)OCCn2c1nc(C(=O)NCc1ccc(F)cc1N1CCCC1=O)c(O)c2=O. The molecule has 10 heteroatoms. The second-order valence-corrected chi connectivity index (χ2v) is 8.05. The molecule has 2 N–H and O–H groups in total. The number of benzene rings is 1. The van der Waals surface area contributed by atoms with Crippen LogP contribution in [0.25, 0.3) is 0 Å². The van der Waals surface area contributed by atoms with Gasteiger partial charge in [0, 0.05) is 19.5 Å². The van der Waals surface area contributed by atoms with Crippen molar-refractivity contribution in [3.8, 4) is 5.75 Å². The molecule has 4 rings (SSSR count). The maximum absolute atomic E-state index is 13.8. The molecular weight excluding hydrogens is 407 g/mol. The lowest BCUT2D eigenvalue weighted by molar-refractivity contribution is -0.117. The fourth-order valence-electron chi connectivity index (χ4n) is 3.93. The highest BCUT2D eigenvalue weighted by atomic mass is 19.1. The molecule has 1 saturated heterocycles. The molecule has 1 aromatic heterocycles. The summed E-state index contributed by atoms with van der Waals surface area (Å²) < 4.78 is 20.7. The zero-order valence-electron chi connectivity index (χ0n) is 17.3. The zero-order valence-corrected chi connectivity index (χ0v) is 17.3. The summed E-state index contributed by atoms with van der Waals surface area (Å²) in [5, 5.41) is 12.9. The number of nitrogens with zero attached hydrogens (tertiary/aromatic N) is 3. The smallest absolute Gasteiger partial charge is 0.296 e. The van der Waals surface area contributed by atoms with E-state index in [0.717, 1.165) is 0 Å². The quantitative estimate of drug-likeness (QED) is 0.758. The highest BCUT2D eigenvalue weighted by molar-refractivity contribution is 5.97. The van der Waals surface area contributed by atoms with Crippen molar-refractivity contribution in [3.63, 3.8) is 0 Å². The number of aromatic nitrogens is 2. The molecule has 0 spiro atoms. The van der Waals surface area contributed by atoms with Crippen LogP contribution in [0.1, 0.15) is 48.6 Å². The lowest BCUT2D eigenvalue weighted by Gasteiger charge is -2.32. The van der Waals surface area contributed by atoms with Crippen molar-refractivity contribution in [1.82, 2.24) is 14.9 Å². The topological polar surface area (TPSA) is 114 Å². The minimum atomic E-state index is -0.902. The fourth-order valence-corrected chi connectivity index (χ4v) is 3.93. The third kappa shape index (κ3) is 3.78. The lowest BCUT2D eigenvalue weighted by atomic mass is 10.1. The van der Waals surface area contributed by atoms with Crippen molar-refractivity contribution in [2.75, 3.05) is 18.1 Å². The first-order valence-electron chi connectivity index (χ1n) is 10.0. The lowest BCUT2D eigenvalue weighted by Crippen LogP contribution is -2.42. The average Bonchev–Trinajstić information content (AvgIpc) is 3.15. The molecule has 0 atom stereocenters. The van der Waals surface area contributed by atoms with Crippen LogP contribution in [0, 0.1) is 5.82 Å². The third-order valence-corrected chi connectivity index (χ3v) is 5.53. The Bertz CT molecular complexity index is 1130. The fraction of sp³-hybridized carbons (Fsp3) is 0.429. The first kappa shape index (κ1) is 21.0. The molecule has 3 heterocycles. The van der Waals surface area contributed by atoms with E-state index in [1.807, 2.05) is 0 Å². The summed E-state index contributed by atoms with van der Waals surface area (Å²) in [6.07, 6.45) is 1.06. The molecule has 164 valence electrons. The molecule has 0 bridgehead atoms. The van der Waals surface area contributed by atoms with Gasteiger partial charge in [-0.3, -0.25) is 19.0 Å². The summed E-state index contributed by atoms with van der Waals surface area (Å²) in [6, 6.07) is 3.99. The Kier molecular flexibility index (Phi) is 5.26. The summed E-state index contributed by atoms with van der Waals surface area (Å²) in [4.78, 5) is 43.1. The molecule has 0 saturated carbocycles. The van der Waals surface area contributed by atoms with Crippen LogP contribution in [0.15, 0.2) is 23.0 Å². The van der Waals surface area contributed by atoms with Crippen LogP contribution >= 0.6 is 0 Å². The van der Waals surface area contributed by atoms with Crippen LogP contribution in [0.5, 0.6) is 5.75 Å². The van der Waals surface area contributed by atoms with Crippen LogP contribution in [-0.4, -0.2) is 39.6 Å². The Morgan fingerprint density at radius 1 is 1.32 bits per heavy atom. The first-order chi connectivity index (χ1) is 14.7. The standard InChI is InChI=1S/C21H23FN4O5/c1-21(2)20-24-16(17(28)19(30)26(20)8-9-31-21)18(29)23-11-12-5-6-13(22)10-14(12)25-7-3-4-15(25)27/h5-6,10,28H,3-4,7-9,11H2,1-2H3,(H,23,29). The van der Waals surface area contributed by atoms with Crippen molar-refractivity contribution in [1.29, 1.82) is 0 Å². The van der Waals surface area contributed by atoms with E-state index in [9.17, 15) is 23.9 Å². The number of nitrogens with one attached hydrogen (secondary N) is 1. The van der Waals surface area contributed by atoms with E-state index in [4.69, 9.17) is 4.74 Å². The van der Waals surface area contributed by atoms with Gasteiger partial charge in [-0.25, -0.2) is 9.37 Å². The second kappa shape index (κ2) is 7.77. The number of ether oxygens (including phenoxy) is 1. The van der Waals surface area contributed by atoms with E-state index in [1.54, 1.807) is 13.8 Å². The Morgan fingerprint density at radius 3 is 2.81 bits per heavy atom.